The zero-order valence-electron chi connectivity index (χ0n) is 14.8. The Kier molecular flexibility index (Phi) is 6.94. The highest BCUT2D eigenvalue weighted by molar-refractivity contribution is 5.94. The number of hydrogen-bond donors (Lipinski definition) is 0. The summed E-state index contributed by atoms with van der Waals surface area (Å²) in [6.45, 7) is 3.38. The molecular weight excluding hydrogens is 322 g/mol. The minimum atomic E-state index is -0.427. The van der Waals surface area contributed by atoms with Crippen molar-refractivity contribution in [3.8, 4) is 0 Å². The average molecular weight is 347 g/mol. The molecule has 7 nitrogen and oxygen atoms in total. The van der Waals surface area contributed by atoms with Crippen LogP contribution >= 0.6 is 0 Å². The van der Waals surface area contributed by atoms with Crippen LogP contribution in [0.1, 0.15) is 16.8 Å². The summed E-state index contributed by atoms with van der Waals surface area (Å²) >= 11 is 0. The van der Waals surface area contributed by atoms with E-state index in [1.54, 1.807) is 7.05 Å². The number of rotatable bonds is 6. The molecule has 0 saturated carbocycles. The van der Waals surface area contributed by atoms with E-state index in [4.69, 9.17) is 0 Å². The maximum atomic E-state index is 12.4. The molecule has 1 aliphatic rings. The topological polar surface area (TPSA) is 70.2 Å². The Bertz CT molecular complexity index is 598. The van der Waals surface area contributed by atoms with Crippen molar-refractivity contribution >= 4 is 17.8 Å². The second-order valence-corrected chi connectivity index (χ2v) is 6.08. The molecule has 0 unspecified atom stereocenters. The number of benzene rings is 1. The molecule has 136 valence electrons. The lowest BCUT2D eigenvalue weighted by molar-refractivity contribution is -0.146. The molecule has 2 amide bonds. The van der Waals surface area contributed by atoms with Crippen LogP contribution in [0.4, 0.5) is 0 Å². The van der Waals surface area contributed by atoms with E-state index < -0.39 is 5.97 Å². The summed E-state index contributed by atoms with van der Waals surface area (Å²) in [4.78, 5) is 41.0. The van der Waals surface area contributed by atoms with Crippen LogP contribution in [0.3, 0.4) is 0 Å². The molecule has 7 heteroatoms. The van der Waals surface area contributed by atoms with Crippen molar-refractivity contribution in [2.24, 2.45) is 0 Å². The maximum absolute atomic E-state index is 12.4. The first-order chi connectivity index (χ1) is 12.0. The number of ether oxygens (including phenoxy) is 1. The zero-order chi connectivity index (χ0) is 18.2. The zero-order valence-corrected chi connectivity index (χ0v) is 14.8. The van der Waals surface area contributed by atoms with Gasteiger partial charge in [-0.3, -0.25) is 19.3 Å². The lowest BCUT2D eigenvalue weighted by Crippen LogP contribution is -2.49. The Balaban J connectivity index is 1.72. The normalized spacial score (nSPS) is 14.9. The standard InChI is InChI=1S/C18H25N3O4/c1-19(14-17(23)25-2)16(22)8-9-20-10-12-21(13-11-20)18(24)15-6-4-3-5-7-15/h3-7H,8-14H2,1-2H3. The number of nitrogens with zero attached hydrogens (tertiary/aromatic N) is 3. The largest absolute Gasteiger partial charge is 0.468 e. The summed E-state index contributed by atoms with van der Waals surface area (Å²) in [7, 11) is 2.90. The van der Waals surface area contributed by atoms with Gasteiger partial charge in [0.25, 0.3) is 5.91 Å². The van der Waals surface area contributed by atoms with Gasteiger partial charge in [0.15, 0.2) is 0 Å². The van der Waals surface area contributed by atoms with Crippen LogP contribution in [0.2, 0.25) is 0 Å². The number of methoxy groups -OCH3 is 1. The smallest absolute Gasteiger partial charge is 0.325 e. The number of esters is 1. The number of amides is 2. The first-order valence-electron chi connectivity index (χ1n) is 8.38. The van der Waals surface area contributed by atoms with Crippen LogP contribution in [0, 0.1) is 0 Å². The van der Waals surface area contributed by atoms with Gasteiger partial charge in [0, 0.05) is 51.8 Å². The molecule has 25 heavy (non-hydrogen) atoms. The van der Waals surface area contributed by atoms with Crippen LogP contribution < -0.4 is 0 Å². The SMILES string of the molecule is COC(=O)CN(C)C(=O)CCN1CCN(C(=O)c2ccccc2)CC1. The Morgan fingerprint density at radius 2 is 1.72 bits per heavy atom. The molecule has 2 rings (SSSR count). The monoisotopic (exact) mass is 347 g/mol. The van der Waals surface area contributed by atoms with E-state index in [1.807, 2.05) is 35.2 Å². The summed E-state index contributed by atoms with van der Waals surface area (Å²) in [5, 5.41) is 0. The summed E-state index contributed by atoms with van der Waals surface area (Å²) in [5.74, 6) is -0.466. The summed E-state index contributed by atoms with van der Waals surface area (Å²) in [6.07, 6.45) is 0.347. The fourth-order valence-corrected chi connectivity index (χ4v) is 2.73. The van der Waals surface area contributed by atoms with E-state index in [-0.39, 0.29) is 18.4 Å². The molecule has 1 aliphatic heterocycles. The summed E-state index contributed by atoms with van der Waals surface area (Å²) in [6, 6.07) is 9.26. The van der Waals surface area contributed by atoms with Crippen molar-refractivity contribution in [3.63, 3.8) is 0 Å². The van der Waals surface area contributed by atoms with Crippen molar-refractivity contribution in [2.75, 3.05) is 53.4 Å². The minimum absolute atomic E-state index is 0.0330. The molecular formula is C18H25N3O4. The number of carbonyl (C=O) groups is 3. The molecule has 0 aromatic heterocycles. The molecule has 0 aliphatic carbocycles. The third kappa shape index (κ3) is 5.56. The van der Waals surface area contributed by atoms with Crippen molar-refractivity contribution in [1.29, 1.82) is 0 Å². The highest BCUT2D eigenvalue weighted by Crippen LogP contribution is 2.09. The second kappa shape index (κ2) is 9.17. The van der Waals surface area contributed by atoms with Crippen LogP contribution in [-0.4, -0.2) is 85.9 Å². The van der Waals surface area contributed by atoms with Gasteiger partial charge < -0.3 is 14.5 Å². The lowest BCUT2D eigenvalue weighted by Gasteiger charge is -2.34. The van der Waals surface area contributed by atoms with Crippen molar-refractivity contribution in [2.45, 2.75) is 6.42 Å². The Morgan fingerprint density at radius 1 is 1.08 bits per heavy atom. The Labute approximate surface area is 148 Å². The van der Waals surface area contributed by atoms with Crippen LogP contribution in [0.25, 0.3) is 0 Å². The highest BCUT2D eigenvalue weighted by Gasteiger charge is 2.22. The predicted octanol–water partition coefficient (Wildman–Crippen LogP) is 0.466. The predicted molar refractivity (Wildman–Crippen MR) is 93.1 cm³/mol. The molecule has 1 aromatic carbocycles. The van der Waals surface area contributed by atoms with Gasteiger partial charge in [0.2, 0.25) is 5.91 Å². The van der Waals surface area contributed by atoms with Crippen LogP contribution in [0.15, 0.2) is 30.3 Å². The van der Waals surface area contributed by atoms with Crippen LogP contribution in [-0.2, 0) is 14.3 Å². The molecule has 1 aromatic rings. The maximum Gasteiger partial charge on any atom is 0.325 e. The number of hydrogen-bond acceptors (Lipinski definition) is 5. The lowest BCUT2D eigenvalue weighted by atomic mass is 10.2. The van der Waals surface area contributed by atoms with Crippen molar-refractivity contribution < 1.29 is 19.1 Å². The molecule has 0 bridgehead atoms. The molecule has 1 heterocycles. The van der Waals surface area contributed by atoms with Gasteiger partial charge in [-0.25, -0.2) is 0 Å². The van der Waals surface area contributed by atoms with Crippen molar-refractivity contribution in [3.05, 3.63) is 35.9 Å². The van der Waals surface area contributed by atoms with E-state index in [1.165, 1.54) is 12.0 Å². The Morgan fingerprint density at radius 3 is 2.32 bits per heavy atom. The van der Waals surface area contributed by atoms with Gasteiger partial charge in [0.1, 0.15) is 6.54 Å². The van der Waals surface area contributed by atoms with Crippen molar-refractivity contribution in [1.82, 2.24) is 14.7 Å². The number of likely N-dealkylation sites (N-methyl/N-ethyl adjacent to an activating group) is 1. The summed E-state index contributed by atoms with van der Waals surface area (Å²) < 4.78 is 4.56. The van der Waals surface area contributed by atoms with Gasteiger partial charge in [0.05, 0.1) is 7.11 Å². The molecule has 0 spiro atoms. The van der Waals surface area contributed by atoms with Gasteiger partial charge in [-0.05, 0) is 12.1 Å². The van der Waals surface area contributed by atoms with Crippen LogP contribution in [0.5, 0.6) is 0 Å². The van der Waals surface area contributed by atoms with E-state index in [0.717, 1.165) is 13.1 Å². The quantitative estimate of drug-likeness (QED) is 0.700. The second-order valence-electron chi connectivity index (χ2n) is 6.08. The highest BCUT2D eigenvalue weighted by atomic mass is 16.5. The Hall–Kier alpha value is -2.41. The third-order valence-corrected chi connectivity index (χ3v) is 4.34. The molecule has 0 N–H and O–H groups in total. The first kappa shape index (κ1) is 18.9. The number of carbonyl (C=O) groups excluding carboxylic acids is 3. The minimum Gasteiger partial charge on any atom is -0.468 e. The van der Waals surface area contributed by atoms with E-state index in [0.29, 0.717) is 31.6 Å². The van der Waals surface area contributed by atoms with Gasteiger partial charge in [-0.2, -0.15) is 0 Å². The van der Waals surface area contributed by atoms with Gasteiger partial charge in [-0.1, -0.05) is 18.2 Å². The molecule has 1 saturated heterocycles. The molecule has 1 fully saturated rings. The van der Waals surface area contributed by atoms with E-state index >= 15 is 0 Å². The molecule has 0 radical (unpaired) electrons. The summed E-state index contributed by atoms with van der Waals surface area (Å²) in [5.41, 5.74) is 0.704. The van der Waals surface area contributed by atoms with Gasteiger partial charge >= 0.3 is 5.97 Å². The van der Waals surface area contributed by atoms with E-state index in [9.17, 15) is 14.4 Å². The first-order valence-corrected chi connectivity index (χ1v) is 8.38. The van der Waals surface area contributed by atoms with E-state index in [2.05, 4.69) is 9.64 Å². The van der Waals surface area contributed by atoms with Gasteiger partial charge in [-0.15, -0.1) is 0 Å². The number of piperazine rings is 1. The fourth-order valence-electron chi connectivity index (χ4n) is 2.73. The average Bonchev–Trinajstić information content (AvgIpc) is 2.66. The third-order valence-electron chi connectivity index (χ3n) is 4.34. The fraction of sp³-hybridized carbons (Fsp3) is 0.500. The molecule has 0 atom stereocenters.